The van der Waals surface area contributed by atoms with Gasteiger partial charge in [0, 0.05) is 22.1 Å². The molecule has 5 nitrogen and oxygen atoms in total. The van der Waals surface area contributed by atoms with E-state index in [1.807, 2.05) is 0 Å². The van der Waals surface area contributed by atoms with Crippen LogP contribution < -0.4 is 9.64 Å². The van der Waals surface area contributed by atoms with E-state index in [0.29, 0.717) is 17.9 Å². The van der Waals surface area contributed by atoms with E-state index in [9.17, 15) is 14.4 Å². The highest BCUT2D eigenvalue weighted by Gasteiger charge is 2.66. The first-order chi connectivity index (χ1) is 13.9. The molecule has 1 aromatic carbocycles. The predicted octanol–water partition coefficient (Wildman–Crippen LogP) is 4.84. The number of halogens is 2. The zero-order valence-electron chi connectivity index (χ0n) is 16.4. The van der Waals surface area contributed by atoms with Gasteiger partial charge in [0.05, 0.1) is 17.5 Å². The second kappa shape index (κ2) is 8.50. The van der Waals surface area contributed by atoms with Gasteiger partial charge in [-0.2, -0.15) is 0 Å². The summed E-state index contributed by atoms with van der Waals surface area (Å²) in [4.78, 5) is 40.1. The van der Waals surface area contributed by atoms with Gasteiger partial charge in [-0.3, -0.25) is 14.4 Å². The van der Waals surface area contributed by atoms with E-state index in [1.54, 1.807) is 24.3 Å². The Labute approximate surface area is 187 Å². The average Bonchev–Trinajstić information content (AvgIpc) is 3.30. The highest BCUT2D eigenvalue weighted by molar-refractivity contribution is 9.12. The number of hydrogen-bond donors (Lipinski definition) is 0. The third-order valence-electron chi connectivity index (χ3n) is 6.53. The van der Waals surface area contributed by atoms with Gasteiger partial charge in [0.15, 0.2) is 0 Å². The summed E-state index contributed by atoms with van der Waals surface area (Å²) in [5, 5.41) is 0. The van der Waals surface area contributed by atoms with Gasteiger partial charge in [0.1, 0.15) is 5.75 Å². The molecule has 0 aromatic heterocycles. The topological polar surface area (TPSA) is 63.7 Å². The van der Waals surface area contributed by atoms with Gasteiger partial charge in [-0.05, 0) is 36.8 Å². The van der Waals surface area contributed by atoms with Crippen LogP contribution in [0, 0.1) is 23.7 Å². The van der Waals surface area contributed by atoms with Gasteiger partial charge in [-0.1, -0.05) is 64.1 Å². The SMILES string of the molecule is CCCCCCC(=O)Oc1cccc(N2C(=O)[C@@H]3[C@H]4C[C@@H]([C@@H](Br)[C@H]4Br)[C@H]3C2=O)c1. The molecule has 1 saturated heterocycles. The number of esters is 1. The van der Waals surface area contributed by atoms with Gasteiger partial charge < -0.3 is 4.74 Å². The molecule has 4 rings (SSSR count). The lowest BCUT2D eigenvalue weighted by Gasteiger charge is -2.28. The summed E-state index contributed by atoms with van der Waals surface area (Å²) in [6.45, 7) is 2.13. The quantitative estimate of drug-likeness (QED) is 0.167. The van der Waals surface area contributed by atoms with Crippen LogP contribution in [-0.2, 0) is 14.4 Å². The summed E-state index contributed by atoms with van der Waals surface area (Å²) in [5.41, 5.74) is 0.488. The Morgan fingerprint density at radius 3 is 2.34 bits per heavy atom. The molecule has 2 amide bonds. The van der Waals surface area contributed by atoms with E-state index in [0.717, 1.165) is 32.1 Å². The summed E-state index contributed by atoms with van der Waals surface area (Å²) in [7, 11) is 0. The minimum Gasteiger partial charge on any atom is -0.426 e. The number of imide groups is 1. The van der Waals surface area contributed by atoms with Crippen LogP contribution in [0.15, 0.2) is 24.3 Å². The van der Waals surface area contributed by atoms with Crippen molar-refractivity contribution in [3.05, 3.63) is 24.3 Å². The lowest BCUT2D eigenvalue weighted by Crippen LogP contribution is -2.37. The monoisotopic (exact) mass is 525 g/mol. The lowest BCUT2D eigenvalue weighted by atomic mass is 9.81. The fourth-order valence-electron chi connectivity index (χ4n) is 5.17. The number of hydrogen-bond acceptors (Lipinski definition) is 4. The first kappa shape index (κ1) is 21.0. The van der Waals surface area contributed by atoms with E-state index in [-0.39, 0.29) is 51.1 Å². The minimum absolute atomic E-state index is 0.126. The van der Waals surface area contributed by atoms with E-state index in [4.69, 9.17) is 4.74 Å². The molecule has 2 bridgehead atoms. The largest absolute Gasteiger partial charge is 0.426 e. The predicted molar refractivity (Wildman–Crippen MR) is 117 cm³/mol. The van der Waals surface area contributed by atoms with Crippen LogP contribution in [0.4, 0.5) is 5.69 Å². The molecular weight excluding hydrogens is 502 g/mol. The maximum atomic E-state index is 13.1. The van der Waals surface area contributed by atoms with Gasteiger partial charge >= 0.3 is 5.97 Å². The third-order valence-corrected chi connectivity index (χ3v) is 9.74. The molecule has 156 valence electrons. The van der Waals surface area contributed by atoms with Crippen LogP contribution in [0.25, 0.3) is 0 Å². The smallest absolute Gasteiger partial charge is 0.311 e. The molecule has 2 aliphatic carbocycles. The van der Waals surface area contributed by atoms with Gasteiger partial charge in [-0.25, -0.2) is 4.90 Å². The lowest BCUT2D eigenvalue weighted by molar-refractivity contribution is -0.134. The Hall–Kier alpha value is -1.21. The Morgan fingerprint density at radius 2 is 1.72 bits per heavy atom. The van der Waals surface area contributed by atoms with E-state index >= 15 is 0 Å². The molecule has 3 fully saturated rings. The minimum atomic E-state index is -0.281. The number of anilines is 1. The normalized spacial score (nSPS) is 32.7. The maximum Gasteiger partial charge on any atom is 0.311 e. The Balaban J connectivity index is 1.47. The summed E-state index contributed by atoms with van der Waals surface area (Å²) < 4.78 is 5.44. The molecule has 1 aliphatic heterocycles. The Kier molecular flexibility index (Phi) is 6.17. The molecule has 0 N–H and O–H groups in total. The number of rotatable bonds is 7. The van der Waals surface area contributed by atoms with Crippen molar-refractivity contribution < 1.29 is 19.1 Å². The summed E-state index contributed by atoms with van der Waals surface area (Å²) >= 11 is 7.41. The highest BCUT2D eigenvalue weighted by atomic mass is 79.9. The zero-order chi connectivity index (χ0) is 20.7. The fraction of sp³-hybridized carbons (Fsp3) is 0.591. The number of fused-ring (bicyclic) bond motifs is 5. The Bertz CT molecular complexity index is 797. The second-order valence-corrected chi connectivity index (χ2v) is 10.4. The number of amides is 2. The van der Waals surface area contributed by atoms with Crippen molar-refractivity contribution in [2.45, 2.75) is 55.1 Å². The summed E-state index contributed by atoms with van der Waals surface area (Å²) in [6, 6.07) is 6.76. The van der Waals surface area contributed by atoms with Crippen LogP contribution in [-0.4, -0.2) is 27.4 Å². The van der Waals surface area contributed by atoms with E-state index < -0.39 is 0 Å². The summed E-state index contributed by atoms with van der Waals surface area (Å²) in [5.74, 6) is -0.304. The van der Waals surface area contributed by atoms with Crippen molar-refractivity contribution in [3.8, 4) is 5.75 Å². The number of alkyl halides is 2. The number of benzene rings is 1. The van der Waals surface area contributed by atoms with Crippen LogP contribution in [0.3, 0.4) is 0 Å². The molecule has 3 aliphatic rings. The zero-order valence-corrected chi connectivity index (χ0v) is 19.5. The third kappa shape index (κ3) is 3.69. The second-order valence-electron chi connectivity index (χ2n) is 8.30. The molecule has 6 atom stereocenters. The molecule has 7 heteroatoms. The van der Waals surface area contributed by atoms with Crippen molar-refractivity contribution in [2.75, 3.05) is 4.90 Å². The number of ether oxygens (including phenoxy) is 1. The molecule has 29 heavy (non-hydrogen) atoms. The molecule has 1 heterocycles. The molecule has 0 spiro atoms. The number of carbonyl (C=O) groups excluding carboxylic acids is 3. The van der Waals surface area contributed by atoms with E-state index in [2.05, 4.69) is 38.8 Å². The number of unbranched alkanes of at least 4 members (excludes halogenated alkanes) is 3. The standard InChI is InChI=1S/C22H25Br2NO4/c1-2-3-4-5-9-16(26)29-13-8-6-7-12(10-13)25-21(27)17-14-11-15(18(17)22(25)28)20(24)19(14)23/h6-8,10,14-15,17-20H,2-5,9,11H2,1H3/t14-,15-,17-,18-,19-,20+/m1/s1. The average molecular weight is 527 g/mol. The van der Waals surface area contributed by atoms with Gasteiger partial charge in [-0.15, -0.1) is 0 Å². The van der Waals surface area contributed by atoms with Gasteiger partial charge in [0.2, 0.25) is 11.8 Å². The van der Waals surface area contributed by atoms with Crippen molar-refractivity contribution in [3.63, 3.8) is 0 Å². The van der Waals surface area contributed by atoms with Crippen molar-refractivity contribution >= 4 is 55.3 Å². The van der Waals surface area contributed by atoms with Crippen molar-refractivity contribution in [1.29, 1.82) is 0 Å². The molecule has 2 saturated carbocycles. The fourth-order valence-corrected chi connectivity index (χ4v) is 7.04. The van der Waals surface area contributed by atoms with Crippen molar-refractivity contribution in [1.82, 2.24) is 0 Å². The number of nitrogens with zero attached hydrogens (tertiary/aromatic N) is 1. The molecule has 1 aromatic rings. The number of carbonyl (C=O) groups is 3. The summed E-state index contributed by atoms with van der Waals surface area (Å²) in [6.07, 6.45) is 5.32. The Morgan fingerprint density at radius 1 is 1.07 bits per heavy atom. The maximum absolute atomic E-state index is 13.1. The van der Waals surface area contributed by atoms with Gasteiger partial charge in [0.25, 0.3) is 0 Å². The van der Waals surface area contributed by atoms with Crippen molar-refractivity contribution in [2.24, 2.45) is 23.7 Å². The molecule has 0 unspecified atom stereocenters. The van der Waals surface area contributed by atoms with Crippen LogP contribution in [0.2, 0.25) is 0 Å². The molecular formula is C22H25Br2NO4. The first-order valence-electron chi connectivity index (χ1n) is 10.4. The highest BCUT2D eigenvalue weighted by Crippen LogP contribution is 2.60. The van der Waals surface area contributed by atoms with Crippen LogP contribution >= 0.6 is 31.9 Å². The van der Waals surface area contributed by atoms with Crippen LogP contribution in [0.1, 0.15) is 45.4 Å². The van der Waals surface area contributed by atoms with E-state index in [1.165, 1.54) is 4.90 Å². The molecule has 0 radical (unpaired) electrons. The van der Waals surface area contributed by atoms with Crippen LogP contribution in [0.5, 0.6) is 5.75 Å². The first-order valence-corrected chi connectivity index (χ1v) is 12.2.